The average Bonchev–Trinajstić information content (AvgIpc) is 0.722. The zero-order valence-electron chi connectivity index (χ0n) is 3.29. The lowest BCUT2D eigenvalue weighted by molar-refractivity contribution is 0.0963. The summed E-state index contributed by atoms with van der Waals surface area (Å²) in [6.07, 6.45) is 0. The summed E-state index contributed by atoms with van der Waals surface area (Å²) in [7, 11) is 0. The first-order chi connectivity index (χ1) is 2.00. The molecule has 0 bridgehead atoms. The van der Waals surface area contributed by atoms with Gasteiger partial charge in [-0.2, -0.15) is 0 Å². The van der Waals surface area contributed by atoms with Crippen molar-refractivity contribution in [1.82, 2.24) is 0 Å². The van der Waals surface area contributed by atoms with E-state index in [0.29, 0.717) is 0 Å². The zero-order chi connectivity index (χ0) is 4.50. The maximum absolute atomic E-state index is 10.0. The van der Waals surface area contributed by atoms with Crippen molar-refractivity contribution in [1.29, 1.82) is 0 Å². The lowest BCUT2D eigenvalue weighted by Gasteiger charge is -1.97. The van der Waals surface area contributed by atoms with E-state index in [1.165, 1.54) is 0 Å². The maximum atomic E-state index is 10.0. The molecule has 0 rings (SSSR count). The molecule has 0 saturated carbocycles. The fourth-order valence-electron chi connectivity index (χ4n) is 0. The summed E-state index contributed by atoms with van der Waals surface area (Å²) in [6, 6.07) is 0. The van der Waals surface area contributed by atoms with Crippen LogP contribution in [0, 0.1) is 0 Å². The highest BCUT2D eigenvalue weighted by Gasteiger charge is 2.04. The number of rotatable bonds is 0. The van der Waals surface area contributed by atoms with E-state index < -0.39 is 4.51 Å². The maximum Gasteiger partial charge on any atom is 0.152 e. The minimum Gasteiger partial charge on any atom is -0.218 e. The molecule has 0 amide bonds. The van der Waals surface area contributed by atoms with Gasteiger partial charge in [-0.1, -0.05) is 15.9 Å². The molecule has 31 valence electrons. The van der Waals surface area contributed by atoms with Gasteiger partial charge in [-0.05, 0) is 13.8 Å². The molecular weight excluding hydrogens is 132 g/mol. The fourth-order valence-corrected chi connectivity index (χ4v) is 0. The van der Waals surface area contributed by atoms with Crippen LogP contribution in [-0.2, 0) is 5.11 Å². The smallest absolute Gasteiger partial charge is 0.152 e. The number of alkyl halides is 1. The molecule has 1 radical (unpaired) electrons. The van der Waals surface area contributed by atoms with Crippen LogP contribution >= 0.6 is 15.9 Å². The van der Waals surface area contributed by atoms with Crippen LogP contribution in [-0.4, -0.2) is 4.51 Å². The Kier molecular flexibility index (Phi) is 1.38. The van der Waals surface area contributed by atoms with Gasteiger partial charge in [0.25, 0.3) is 0 Å². The Morgan fingerprint density at radius 3 is 1.60 bits per heavy atom. The molecule has 2 heteroatoms. The van der Waals surface area contributed by atoms with Gasteiger partial charge in [0.2, 0.25) is 0 Å². The van der Waals surface area contributed by atoms with Gasteiger partial charge in [0.1, 0.15) is 0 Å². The molecule has 0 aliphatic heterocycles. The normalized spacial score (nSPS) is 12.0. The van der Waals surface area contributed by atoms with Crippen molar-refractivity contribution < 1.29 is 5.11 Å². The molecule has 0 saturated heterocycles. The topological polar surface area (TPSA) is 19.9 Å². The largest absolute Gasteiger partial charge is 0.218 e. The molecule has 0 aliphatic rings. The van der Waals surface area contributed by atoms with Crippen LogP contribution in [0.4, 0.5) is 0 Å². The quantitative estimate of drug-likeness (QED) is 0.452. The third-order valence-electron chi connectivity index (χ3n) is 0. The molecule has 0 spiro atoms. The first kappa shape index (κ1) is 5.44. The van der Waals surface area contributed by atoms with Crippen molar-refractivity contribution in [2.24, 2.45) is 0 Å². The summed E-state index contributed by atoms with van der Waals surface area (Å²) in [5, 5.41) is 10.0. The van der Waals surface area contributed by atoms with Crippen molar-refractivity contribution in [3.63, 3.8) is 0 Å². The van der Waals surface area contributed by atoms with Crippen LogP contribution in [0.3, 0.4) is 0 Å². The van der Waals surface area contributed by atoms with E-state index in [4.69, 9.17) is 0 Å². The first-order valence-electron chi connectivity index (χ1n) is 1.39. The third-order valence-corrected chi connectivity index (χ3v) is 0. The lowest BCUT2D eigenvalue weighted by Crippen LogP contribution is -2.01. The van der Waals surface area contributed by atoms with E-state index in [1.807, 2.05) is 0 Å². The van der Waals surface area contributed by atoms with Gasteiger partial charge in [-0.25, -0.2) is 5.11 Å². The minimum absolute atomic E-state index is 0.938. The van der Waals surface area contributed by atoms with Gasteiger partial charge in [0, 0.05) is 0 Å². The summed E-state index contributed by atoms with van der Waals surface area (Å²) in [5.74, 6) is 0. The van der Waals surface area contributed by atoms with Gasteiger partial charge in [0.05, 0.1) is 0 Å². The van der Waals surface area contributed by atoms with Crippen LogP contribution in [0.15, 0.2) is 0 Å². The van der Waals surface area contributed by atoms with Gasteiger partial charge in [-0.15, -0.1) is 0 Å². The first-order valence-corrected chi connectivity index (χ1v) is 2.19. The van der Waals surface area contributed by atoms with Gasteiger partial charge < -0.3 is 0 Å². The molecule has 0 aromatic rings. The summed E-state index contributed by atoms with van der Waals surface area (Å²) in [5.41, 5.74) is 0. The Balaban J connectivity index is 3.02. The van der Waals surface area contributed by atoms with Gasteiger partial charge in [-0.3, -0.25) is 0 Å². The van der Waals surface area contributed by atoms with Gasteiger partial charge in [0.15, 0.2) is 4.51 Å². The molecule has 0 N–H and O–H groups in total. The van der Waals surface area contributed by atoms with E-state index >= 15 is 0 Å². The van der Waals surface area contributed by atoms with Crippen molar-refractivity contribution in [3.05, 3.63) is 0 Å². The summed E-state index contributed by atoms with van der Waals surface area (Å²) in [4.78, 5) is 0. The molecule has 5 heavy (non-hydrogen) atoms. The SMILES string of the molecule is CC(C)([O])Br. The Morgan fingerprint density at radius 1 is 1.60 bits per heavy atom. The van der Waals surface area contributed by atoms with Crippen LogP contribution in [0.1, 0.15) is 13.8 Å². The fraction of sp³-hybridized carbons (Fsp3) is 1.00. The zero-order valence-corrected chi connectivity index (χ0v) is 4.87. The second-order valence-corrected chi connectivity index (χ2v) is 3.27. The summed E-state index contributed by atoms with van der Waals surface area (Å²) >= 11 is 2.82. The molecule has 0 aromatic heterocycles. The molecule has 0 atom stereocenters. The molecule has 0 heterocycles. The van der Waals surface area contributed by atoms with E-state index in [9.17, 15) is 5.11 Å². The number of halogens is 1. The molecule has 0 aliphatic carbocycles. The number of hydrogen-bond acceptors (Lipinski definition) is 0. The second-order valence-electron chi connectivity index (χ2n) is 1.36. The summed E-state index contributed by atoms with van der Waals surface area (Å²) in [6.45, 7) is 3.10. The van der Waals surface area contributed by atoms with Gasteiger partial charge >= 0.3 is 0 Å². The van der Waals surface area contributed by atoms with Crippen molar-refractivity contribution >= 4 is 15.9 Å². The van der Waals surface area contributed by atoms with Crippen LogP contribution in [0.25, 0.3) is 0 Å². The second kappa shape index (κ2) is 1.27. The summed E-state index contributed by atoms with van der Waals surface area (Å²) < 4.78 is -0.938. The lowest BCUT2D eigenvalue weighted by atomic mass is 10.5. The van der Waals surface area contributed by atoms with Crippen molar-refractivity contribution in [2.45, 2.75) is 18.4 Å². The van der Waals surface area contributed by atoms with Crippen molar-refractivity contribution in [2.75, 3.05) is 0 Å². The molecular formula is C3H6BrO. The number of hydrogen-bond donors (Lipinski definition) is 0. The van der Waals surface area contributed by atoms with Crippen LogP contribution in [0.2, 0.25) is 0 Å². The Labute approximate surface area is 40.1 Å². The Morgan fingerprint density at radius 2 is 1.60 bits per heavy atom. The predicted molar refractivity (Wildman–Crippen MR) is 23.7 cm³/mol. The molecule has 0 fully saturated rings. The monoisotopic (exact) mass is 137 g/mol. The molecule has 0 aromatic carbocycles. The minimum atomic E-state index is -0.938. The Bertz CT molecular complexity index is 22.4. The van der Waals surface area contributed by atoms with E-state index in [0.717, 1.165) is 0 Å². The van der Waals surface area contributed by atoms with E-state index in [-0.39, 0.29) is 0 Å². The third kappa shape index (κ3) is 137. The van der Waals surface area contributed by atoms with Crippen LogP contribution in [0.5, 0.6) is 0 Å². The van der Waals surface area contributed by atoms with Crippen molar-refractivity contribution in [3.8, 4) is 0 Å². The van der Waals surface area contributed by atoms with E-state index in [2.05, 4.69) is 15.9 Å². The molecule has 1 nitrogen and oxygen atoms in total. The predicted octanol–water partition coefficient (Wildman–Crippen LogP) is 1.55. The Hall–Kier alpha value is 0.440. The standard InChI is InChI=1S/C3H6BrO/c1-3(2,4)5/h1-2H3. The highest BCUT2D eigenvalue weighted by molar-refractivity contribution is 9.10. The molecule has 0 unspecified atom stereocenters. The van der Waals surface area contributed by atoms with E-state index in [1.54, 1.807) is 13.8 Å². The highest BCUT2D eigenvalue weighted by atomic mass is 79.9. The average molecular weight is 138 g/mol. The van der Waals surface area contributed by atoms with Crippen LogP contribution < -0.4 is 0 Å². The highest BCUT2D eigenvalue weighted by Crippen LogP contribution is 2.09.